The van der Waals surface area contributed by atoms with Gasteiger partial charge < -0.3 is 19.5 Å². The molecule has 5 heteroatoms. The maximum absolute atomic E-state index is 12.2. The number of hydrogen-bond donors (Lipinski definition) is 1. The molecule has 0 aromatic heterocycles. The summed E-state index contributed by atoms with van der Waals surface area (Å²) in [6, 6.07) is 0.171. The van der Waals surface area contributed by atoms with Crippen LogP contribution in [0.25, 0.3) is 0 Å². The number of likely N-dealkylation sites (tertiary alicyclic amines) is 1. The van der Waals surface area contributed by atoms with E-state index in [4.69, 9.17) is 14.6 Å². The van der Waals surface area contributed by atoms with E-state index in [1.54, 1.807) is 4.90 Å². The first kappa shape index (κ1) is 16.2. The van der Waals surface area contributed by atoms with Crippen LogP contribution in [0.1, 0.15) is 47.5 Å². The first-order valence-corrected chi connectivity index (χ1v) is 6.98. The largest absolute Gasteiger partial charge is 0.444 e. The van der Waals surface area contributed by atoms with Crippen molar-refractivity contribution in [2.24, 2.45) is 0 Å². The van der Waals surface area contributed by atoms with Crippen molar-refractivity contribution in [3.8, 4) is 0 Å². The summed E-state index contributed by atoms with van der Waals surface area (Å²) in [7, 11) is 0. The molecular weight excluding hydrogens is 246 g/mol. The molecule has 1 saturated heterocycles. The third kappa shape index (κ3) is 4.99. The lowest BCUT2D eigenvalue weighted by atomic mass is 9.95. The highest BCUT2D eigenvalue weighted by molar-refractivity contribution is 5.69. The fourth-order valence-electron chi connectivity index (χ4n) is 2.55. The third-order valence-corrected chi connectivity index (χ3v) is 3.21. The van der Waals surface area contributed by atoms with Crippen LogP contribution < -0.4 is 0 Å². The van der Waals surface area contributed by atoms with E-state index < -0.39 is 5.60 Å². The Labute approximate surface area is 115 Å². The molecule has 5 nitrogen and oxygen atoms in total. The number of piperidine rings is 1. The molecule has 0 bridgehead atoms. The van der Waals surface area contributed by atoms with E-state index in [1.807, 2.05) is 34.6 Å². The van der Waals surface area contributed by atoms with E-state index in [0.29, 0.717) is 6.61 Å². The Bertz CT molecular complexity index is 288. The third-order valence-electron chi connectivity index (χ3n) is 3.21. The van der Waals surface area contributed by atoms with E-state index in [-0.39, 0.29) is 30.9 Å². The van der Waals surface area contributed by atoms with Crippen molar-refractivity contribution in [1.82, 2.24) is 4.90 Å². The minimum atomic E-state index is -0.471. The highest BCUT2D eigenvalue weighted by Gasteiger charge is 2.36. The molecule has 1 amide bonds. The van der Waals surface area contributed by atoms with Gasteiger partial charge in [0.15, 0.2) is 0 Å². The molecule has 1 aliphatic heterocycles. The van der Waals surface area contributed by atoms with Crippen LogP contribution >= 0.6 is 0 Å². The summed E-state index contributed by atoms with van der Waals surface area (Å²) in [6.07, 6.45) is 1.41. The van der Waals surface area contributed by atoms with Gasteiger partial charge in [-0.25, -0.2) is 4.79 Å². The highest BCUT2D eigenvalue weighted by atomic mass is 16.6. The number of aliphatic hydroxyl groups excluding tert-OH is 1. The summed E-state index contributed by atoms with van der Waals surface area (Å²) in [5.41, 5.74) is -0.471. The Balaban J connectivity index is 2.59. The minimum Gasteiger partial charge on any atom is -0.444 e. The second kappa shape index (κ2) is 6.57. The van der Waals surface area contributed by atoms with Gasteiger partial charge in [0.1, 0.15) is 5.60 Å². The smallest absolute Gasteiger partial charge is 0.410 e. The molecule has 0 spiro atoms. The van der Waals surface area contributed by atoms with Gasteiger partial charge in [-0.1, -0.05) is 0 Å². The molecule has 1 heterocycles. The lowest BCUT2D eigenvalue weighted by Gasteiger charge is -2.42. The van der Waals surface area contributed by atoms with Crippen molar-refractivity contribution in [3.63, 3.8) is 0 Å². The van der Waals surface area contributed by atoms with E-state index >= 15 is 0 Å². The number of carbonyl (C=O) groups excluding carboxylic acids is 1. The molecule has 1 N–H and O–H groups in total. The molecule has 3 atom stereocenters. The molecule has 112 valence electrons. The first-order valence-electron chi connectivity index (χ1n) is 6.98. The summed E-state index contributed by atoms with van der Waals surface area (Å²) in [5, 5.41) is 8.79. The van der Waals surface area contributed by atoms with E-state index in [0.717, 1.165) is 12.8 Å². The van der Waals surface area contributed by atoms with Gasteiger partial charge in [-0.05, 0) is 47.5 Å². The molecule has 19 heavy (non-hydrogen) atoms. The van der Waals surface area contributed by atoms with Crippen molar-refractivity contribution < 1.29 is 19.4 Å². The number of amides is 1. The molecule has 1 rings (SSSR count). The standard InChI is InChI=1S/C14H27NO4/c1-10-8-12(18-7-6-16)9-11(2)15(10)13(17)19-14(3,4)5/h10-12,16H,6-9H2,1-5H3/t10-,11+,12?. The van der Waals surface area contributed by atoms with Gasteiger partial charge in [0.05, 0.1) is 19.3 Å². The number of nitrogens with zero attached hydrogens (tertiary/aromatic N) is 1. The van der Waals surface area contributed by atoms with Crippen molar-refractivity contribution in [2.45, 2.75) is 71.2 Å². The van der Waals surface area contributed by atoms with E-state index in [1.165, 1.54) is 0 Å². The summed E-state index contributed by atoms with van der Waals surface area (Å²) in [4.78, 5) is 14.0. The Hall–Kier alpha value is -0.810. The zero-order valence-electron chi connectivity index (χ0n) is 12.7. The van der Waals surface area contributed by atoms with Crippen LogP contribution in [0.2, 0.25) is 0 Å². The summed E-state index contributed by atoms with van der Waals surface area (Å²) >= 11 is 0. The lowest BCUT2D eigenvalue weighted by molar-refractivity contribution is -0.0516. The van der Waals surface area contributed by atoms with Crippen molar-refractivity contribution in [3.05, 3.63) is 0 Å². The monoisotopic (exact) mass is 273 g/mol. The zero-order chi connectivity index (χ0) is 14.6. The van der Waals surface area contributed by atoms with E-state index in [2.05, 4.69) is 0 Å². The van der Waals surface area contributed by atoms with Gasteiger partial charge in [-0.15, -0.1) is 0 Å². The second-order valence-electron chi connectivity index (χ2n) is 6.27. The molecule has 0 radical (unpaired) electrons. The Morgan fingerprint density at radius 1 is 1.26 bits per heavy atom. The van der Waals surface area contributed by atoms with Gasteiger partial charge in [0.25, 0.3) is 0 Å². The van der Waals surface area contributed by atoms with Crippen molar-refractivity contribution in [2.75, 3.05) is 13.2 Å². The maximum atomic E-state index is 12.2. The Morgan fingerprint density at radius 2 is 1.79 bits per heavy atom. The van der Waals surface area contributed by atoms with Gasteiger partial charge in [-0.2, -0.15) is 0 Å². The van der Waals surface area contributed by atoms with Crippen LogP contribution in [0.5, 0.6) is 0 Å². The quantitative estimate of drug-likeness (QED) is 0.856. The van der Waals surface area contributed by atoms with Crippen LogP contribution in [0.15, 0.2) is 0 Å². The van der Waals surface area contributed by atoms with Gasteiger partial charge in [-0.3, -0.25) is 0 Å². The second-order valence-corrected chi connectivity index (χ2v) is 6.27. The zero-order valence-corrected chi connectivity index (χ0v) is 12.7. The average molecular weight is 273 g/mol. The fourth-order valence-corrected chi connectivity index (χ4v) is 2.55. The van der Waals surface area contributed by atoms with E-state index in [9.17, 15) is 4.79 Å². The number of rotatable bonds is 3. The lowest BCUT2D eigenvalue weighted by Crippen LogP contribution is -2.53. The summed E-state index contributed by atoms with van der Waals surface area (Å²) in [5.74, 6) is 0. The predicted molar refractivity (Wildman–Crippen MR) is 73.1 cm³/mol. The SMILES string of the molecule is C[C@@H]1CC(OCCO)C[C@H](C)N1C(=O)OC(C)(C)C. The molecule has 1 fully saturated rings. The topological polar surface area (TPSA) is 59.0 Å². The highest BCUT2D eigenvalue weighted by Crippen LogP contribution is 2.27. The van der Waals surface area contributed by atoms with Crippen molar-refractivity contribution >= 4 is 6.09 Å². The van der Waals surface area contributed by atoms with Gasteiger partial charge in [0.2, 0.25) is 0 Å². The molecule has 0 aliphatic carbocycles. The molecular formula is C14H27NO4. The number of hydrogen-bond acceptors (Lipinski definition) is 4. The van der Waals surface area contributed by atoms with Crippen LogP contribution in [-0.4, -0.2) is 53.1 Å². The average Bonchev–Trinajstić information content (AvgIpc) is 2.22. The fraction of sp³-hybridized carbons (Fsp3) is 0.929. The van der Waals surface area contributed by atoms with Crippen molar-refractivity contribution in [1.29, 1.82) is 0 Å². The van der Waals surface area contributed by atoms with Gasteiger partial charge in [0, 0.05) is 12.1 Å². The van der Waals surface area contributed by atoms with Crippen LogP contribution in [0, 0.1) is 0 Å². The maximum Gasteiger partial charge on any atom is 0.410 e. The minimum absolute atomic E-state index is 0.0367. The molecule has 0 saturated carbocycles. The Kier molecular flexibility index (Phi) is 5.62. The molecule has 0 aromatic carbocycles. The normalized spacial score (nSPS) is 28.3. The molecule has 1 unspecified atom stereocenters. The Morgan fingerprint density at radius 3 is 2.21 bits per heavy atom. The van der Waals surface area contributed by atoms with Crippen LogP contribution in [0.4, 0.5) is 4.79 Å². The van der Waals surface area contributed by atoms with Crippen LogP contribution in [-0.2, 0) is 9.47 Å². The summed E-state index contributed by atoms with van der Waals surface area (Å²) < 4.78 is 11.0. The van der Waals surface area contributed by atoms with Crippen LogP contribution in [0.3, 0.4) is 0 Å². The molecule has 1 aliphatic rings. The first-order chi connectivity index (χ1) is 8.74. The number of ether oxygens (including phenoxy) is 2. The summed E-state index contributed by atoms with van der Waals surface area (Å²) in [6.45, 7) is 10.0. The van der Waals surface area contributed by atoms with Gasteiger partial charge >= 0.3 is 6.09 Å². The number of carbonyl (C=O) groups is 1. The predicted octanol–water partition coefficient (Wildman–Crippen LogP) is 2.17. The molecule has 0 aromatic rings. The number of aliphatic hydroxyl groups is 1.